The van der Waals surface area contributed by atoms with Gasteiger partial charge in [0.1, 0.15) is 11.6 Å². The van der Waals surface area contributed by atoms with Gasteiger partial charge in [0.05, 0.1) is 42.6 Å². The molecule has 1 amide bonds. The number of nitrogens with zero attached hydrogens (tertiary/aromatic N) is 3. The zero-order chi connectivity index (χ0) is 22.8. The molecule has 0 saturated carbocycles. The van der Waals surface area contributed by atoms with Crippen molar-refractivity contribution in [3.05, 3.63) is 88.4 Å². The summed E-state index contributed by atoms with van der Waals surface area (Å²) in [5.41, 5.74) is 0.808. The van der Waals surface area contributed by atoms with E-state index >= 15 is 0 Å². The van der Waals surface area contributed by atoms with Crippen LogP contribution in [0.1, 0.15) is 16.1 Å². The topological polar surface area (TPSA) is 89.6 Å². The lowest BCUT2D eigenvalue weighted by Gasteiger charge is -2.30. The summed E-state index contributed by atoms with van der Waals surface area (Å²) in [7, 11) is 0. The highest BCUT2D eigenvalue weighted by Gasteiger charge is 2.21. The largest absolute Gasteiger partial charge is 0.467 e. The summed E-state index contributed by atoms with van der Waals surface area (Å²) >= 11 is 0. The Labute approximate surface area is 188 Å². The van der Waals surface area contributed by atoms with Crippen molar-refractivity contribution in [3.63, 3.8) is 0 Å². The molecule has 0 atom stereocenters. The second kappa shape index (κ2) is 8.87. The van der Waals surface area contributed by atoms with Crippen LogP contribution in [0.5, 0.6) is 0 Å². The molecule has 3 heterocycles. The van der Waals surface area contributed by atoms with E-state index in [1.54, 1.807) is 42.5 Å². The molecule has 1 fully saturated rings. The second-order valence-electron chi connectivity index (χ2n) is 7.63. The van der Waals surface area contributed by atoms with Gasteiger partial charge in [0, 0.05) is 18.7 Å². The number of nitrogens with one attached hydrogen (secondary N) is 1. The van der Waals surface area contributed by atoms with Crippen molar-refractivity contribution in [2.24, 2.45) is 0 Å². The fourth-order valence-corrected chi connectivity index (χ4v) is 3.82. The number of carbonyl (C=O) groups excluding carboxylic acids is 1. The number of anilines is 1. The first-order valence-corrected chi connectivity index (χ1v) is 10.6. The minimum atomic E-state index is -0.448. The summed E-state index contributed by atoms with van der Waals surface area (Å²) in [5, 5.41) is 3.12. The van der Waals surface area contributed by atoms with E-state index in [9.17, 15) is 14.0 Å². The molecule has 2 aromatic carbocycles. The Morgan fingerprint density at radius 1 is 1.09 bits per heavy atom. The predicted molar refractivity (Wildman–Crippen MR) is 120 cm³/mol. The van der Waals surface area contributed by atoms with Crippen LogP contribution in [0.2, 0.25) is 0 Å². The molecule has 0 radical (unpaired) electrons. The summed E-state index contributed by atoms with van der Waals surface area (Å²) in [4.78, 5) is 32.8. The quantitative estimate of drug-likeness (QED) is 0.505. The van der Waals surface area contributed by atoms with Gasteiger partial charge in [-0.1, -0.05) is 6.07 Å². The van der Waals surface area contributed by atoms with Gasteiger partial charge in [0.2, 0.25) is 5.95 Å². The molecule has 1 aliphatic rings. The van der Waals surface area contributed by atoms with Crippen LogP contribution in [-0.2, 0) is 11.3 Å². The second-order valence-corrected chi connectivity index (χ2v) is 7.63. The number of rotatable bonds is 5. The Bertz CT molecular complexity index is 1360. The Hall–Kier alpha value is -3.98. The molecule has 4 aromatic rings. The first-order valence-electron chi connectivity index (χ1n) is 10.6. The van der Waals surface area contributed by atoms with E-state index in [4.69, 9.17) is 14.1 Å². The average molecular weight is 448 g/mol. The molecule has 0 bridgehead atoms. The monoisotopic (exact) mass is 448 g/mol. The van der Waals surface area contributed by atoms with Crippen molar-refractivity contribution in [1.82, 2.24) is 14.9 Å². The third-order valence-corrected chi connectivity index (χ3v) is 5.48. The average Bonchev–Trinajstić information content (AvgIpc) is 3.36. The van der Waals surface area contributed by atoms with Crippen LogP contribution in [0.3, 0.4) is 0 Å². The van der Waals surface area contributed by atoms with Gasteiger partial charge in [-0.25, -0.2) is 13.9 Å². The predicted octanol–water partition coefficient (Wildman–Crippen LogP) is 2.88. The lowest BCUT2D eigenvalue weighted by molar-refractivity contribution is 0.0948. The number of ether oxygens (including phenoxy) is 1. The lowest BCUT2D eigenvalue weighted by atomic mass is 10.1. The number of halogens is 1. The maximum absolute atomic E-state index is 14.0. The first-order chi connectivity index (χ1) is 16.1. The fraction of sp³-hybridized carbons (Fsp3) is 0.208. The maximum atomic E-state index is 14.0. The first kappa shape index (κ1) is 20.9. The van der Waals surface area contributed by atoms with Crippen LogP contribution in [0, 0.1) is 5.82 Å². The lowest BCUT2D eigenvalue weighted by Crippen LogP contribution is -2.40. The summed E-state index contributed by atoms with van der Waals surface area (Å²) in [6.07, 6.45) is 1.54. The Kier molecular flexibility index (Phi) is 5.62. The van der Waals surface area contributed by atoms with E-state index in [1.807, 2.05) is 4.90 Å². The molecule has 8 nitrogen and oxygen atoms in total. The standard InChI is InChI=1S/C24H21FN4O4/c25-17-3-1-4-18(14-17)29-23(31)20-7-6-16(22(30)26-15-19-5-2-10-33-19)13-21(20)27-24(29)28-8-11-32-12-9-28/h1-7,10,13-14H,8-9,11-12,15H2,(H,26,30). The molecular formula is C24H21FN4O4. The fourth-order valence-electron chi connectivity index (χ4n) is 3.82. The normalized spacial score (nSPS) is 13.9. The van der Waals surface area contributed by atoms with E-state index in [1.165, 1.54) is 23.0 Å². The van der Waals surface area contributed by atoms with Crippen LogP contribution in [-0.4, -0.2) is 41.8 Å². The number of hydrogen-bond donors (Lipinski definition) is 1. The molecule has 33 heavy (non-hydrogen) atoms. The van der Waals surface area contributed by atoms with Gasteiger partial charge in [-0.05, 0) is 48.5 Å². The molecule has 1 N–H and O–H groups in total. The van der Waals surface area contributed by atoms with Crippen LogP contribution in [0.25, 0.3) is 16.6 Å². The number of carbonyl (C=O) groups is 1. The van der Waals surface area contributed by atoms with Gasteiger partial charge in [-0.3, -0.25) is 9.59 Å². The van der Waals surface area contributed by atoms with Crippen molar-refractivity contribution in [3.8, 4) is 5.69 Å². The number of fused-ring (bicyclic) bond motifs is 1. The molecule has 9 heteroatoms. The van der Waals surface area contributed by atoms with Gasteiger partial charge < -0.3 is 19.4 Å². The van der Waals surface area contributed by atoms with Gasteiger partial charge >= 0.3 is 0 Å². The summed E-state index contributed by atoms with van der Waals surface area (Å²) < 4.78 is 26.1. The summed E-state index contributed by atoms with van der Waals surface area (Å²) in [5.74, 6) is 0.262. The van der Waals surface area contributed by atoms with Crippen molar-refractivity contribution >= 4 is 22.8 Å². The number of hydrogen-bond acceptors (Lipinski definition) is 6. The van der Waals surface area contributed by atoms with Crippen LogP contribution >= 0.6 is 0 Å². The Balaban J connectivity index is 1.58. The smallest absolute Gasteiger partial charge is 0.267 e. The molecular weight excluding hydrogens is 427 g/mol. The van der Waals surface area contributed by atoms with E-state index < -0.39 is 5.82 Å². The SMILES string of the molecule is O=C(NCc1ccco1)c1ccc2c(=O)n(-c3cccc(F)c3)c(N3CCOCC3)nc2c1. The summed E-state index contributed by atoms with van der Waals surface area (Å²) in [6, 6.07) is 14.1. The summed E-state index contributed by atoms with van der Waals surface area (Å²) in [6.45, 7) is 2.31. The van der Waals surface area contributed by atoms with Crippen LogP contribution < -0.4 is 15.8 Å². The third kappa shape index (κ3) is 4.22. The van der Waals surface area contributed by atoms with Gasteiger partial charge in [0.15, 0.2) is 0 Å². The highest BCUT2D eigenvalue weighted by molar-refractivity contribution is 5.97. The van der Waals surface area contributed by atoms with Crippen molar-refractivity contribution in [1.29, 1.82) is 0 Å². The maximum Gasteiger partial charge on any atom is 0.267 e. The molecule has 0 aliphatic carbocycles. The zero-order valence-electron chi connectivity index (χ0n) is 17.7. The van der Waals surface area contributed by atoms with Gasteiger partial charge in [-0.15, -0.1) is 0 Å². The number of aromatic nitrogens is 2. The molecule has 168 valence electrons. The third-order valence-electron chi connectivity index (χ3n) is 5.48. The van der Waals surface area contributed by atoms with E-state index in [-0.39, 0.29) is 18.0 Å². The molecule has 2 aromatic heterocycles. The zero-order valence-corrected chi connectivity index (χ0v) is 17.7. The van der Waals surface area contributed by atoms with Crippen molar-refractivity contribution in [2.75, 3.05) is 31.2 Å². The number of morpholine rings is 1. The highest BCUT2D eigenvalue weighted by atomic mass is 19.1. The molecule has 0 unspecified atom stereocenters. The van der Waals surface area contributed by atoms with Crippen molar-refractivity contribution < 1.29 is 18.3 Å². The van der Waals surface area contributed by atoms with Gasteiger partial charge in [-0.2, -0.15) is 0 Å². The van der Waals surface area contributed by atoms with E-state index in [2.05, 4.69) is 5.32 Å². The molecule has 5 rings (SSSR count). The Morgan fingerprint density at radius 3 is 2.70 bits per heavy atom. The van der Waals surface area contributed by atoms with Crippen LogP contribution in [0.15, 0.2) is 70.1 Å². The Morgan fingerprint density at radius 2 is 1.94 bits per heavy atom. The minimum absolute atomic E-state index is 0.248. The molecule has 1 aliphatic heterocycles. The number of amides is 1. The molecule has 1 saturated heterocycles. The van der Waals surface area contributed by atoms with Gasteiger partial charge in [0.25, 0.3) is 11.5 Å². The number of furan rings is 1. The number of benzene rings is 2. The highest BCUT2D eigenvalue weighted by Crippen LogP contribution is 2.22. The minimum Gasteiger partial charge on any atom is -0.467 e. The molecule has 0 spiro atoms. The van der Waals surface area contributed by atoms with E-state index in [0.29, 0.717) is 60.2 Å². The van der Waals surface area contributed by atoms with Crippen molar-refractivity contribution in [2.45, 2.75) is 6.54 Å². The van der Waals surface area contributed by atoms with Crippen LogP contribution in [0.4, 0.5) is 10.3 Å². The van der Waals surface area contributed by atoms with E-state index in [0.717, 1.165) is 0 Å².